The summed E-state index contributed by atoms with van der Waals surface area (Å²) in [5.74, 6) is 0. The lowest BCUT2D eigenvalue weighted by molar-refractivity contribution is -0.185. The second-order valence-corrected chi connectivity index (χ2v) is 5.19. The third kappa shape index (κ3) is 4.60. The van der Waals surface area contributed by atoms with Gasteiger partial charge in [0.2, 0.25) is 0 Å². The number of thiazole rings is 1. The number of alkyl halides is 6. The molecule has 0 fully saturated rings. The van der Waals surface area contributed by atoms with Crippen LogP contribution < -0.4 is 5.73 Å². The number of rotatable bonds is 5. The van der Waals surface area contributed by atoms with Gasteiger partial charge in [0, 0.05) is 11.8 Å². The molecule has 1 rings (SSSR count). The molecule has 0 saturated carbocycles. The van der Waals surface area contributed by atoms with E-state index in [1.165, 1.54) is 0 Å². The fourth-order valence-electron chi connectivity index (χ4n) is 1.16. The van der Waals surface area contributed by atoms with Gasteiger partial charge < -0.3 is 10.5 Å². The van der Waals surface area contributed by atoms with Crippen molar-refractivity contribution in [1.29, 1.82) is 0 Å². The maximum Gasteiger partial charge on any atom is 0.411 e. The Kier molecular flexibility index (Phi) is 5.03. The van der Waals surface area contributed by atoms with Crippen molar-refractivity contribution in [2.75, 3.05) is 13.2 Å². The molecule has 10 heteroatoms. The van der Waals surface area contributed by atoms with Gasteiger partial charge in [-0.3, -0.25) is 0 Å². The van der Waals surface area contributed by atoms with Crippen molar-refractivity contribution in [3.8, 4) is 0 Å². The predicted octanol–water partition coefficient (Wildman–Crippen LogP) is 3.00. The molecule has 0 radical (unpaired) electrons. The minimum atomic E-state index is -4.66. The van der Waals surface area contributed by atoms with Crippen LogP contribution in [0.1, 0.15) is 17.6 Å². The van der Waals surface area contributed by atoms with E-state index in [9.17, 15) is 26.3 Å². The van der Waals surface area contributed by atoms with Crippen molar-refractivity contribution in [3.63, 3.8) is 0 Å². The van der Waals surface area contributed by atoms with E-state index in [1.807, 2.05) is 0 Å². The summed E-state index contributed by atoms with van der Waals surface area (Å²) >= 11 is 0.898. The van der Waals surface area contributed by atoms with Crippen LogP contribution in [0.4, 0.5) is 26.3 Å². The third-order valence-corrected chi connectivity index (χ3v) is 3.31. The lowest BCUT2D eigenvalue weighted by Gasteiger charge is -2.25. The quantitative estimate of drug-likeness (QED) is 0.670. The standard InChI is InChI=1S/C10H12F6N2OS/c1-8(17,10(14,15)16)6-4-20-7(18-6)2-3-19-5-9(11,12)13/h4H,2-3,5,17H2,1H3. The average Bonchev–Trinajstić information content (AvgIpc) is 2.70. The lowest BCUT2D eigenvalue weighted by Crippen LogP contribution is -2.48. The van der Waals surface area contributed by atoms with Gasteiger partial charge in [0.15, 0.2) is 5.54 Å². The summed E-state index contributed by atoms with van der Waals surface area (Å²) in [6.07, 6.45) is -9.10. The molecular formula is C10H12F6N2OS. The molecule has 20 heavy (non-hydrogen) atoms. The molecule has 1 unspecified atom stereocenters. The van der Waals surface area contributed by atoms with Crippen LogP contribution in [-0.2, 0) is 16.7 Å². The summed E-state index contributed by atoms with van der Waals surface area (Å²) in [6.45, 7) is -0.895. The Morgan fingerprint density at radius 1 is 1.25 bits per heavy atom. The first-order valence-corrected chi connectivity index (χ1v) is 6.26. The smallest absolute Gasteiger partial charge is 0.372 e. The molecule has 0 aliphatic heterocycles. The van der Waals surface area contributed by atoms with E-state index in [0.717, 1.165) is 23.6 Å². The van der Waals surface area contributed by atoms with Gasteiger partial charge in [-0.05, 0) is 6.92 Å². The fraction of sp³-hybridized carbons (Fsp3) is 0.700. The van der Waals surface area contributed by atoms with Crippen LogP contribution in [0, 0.1) is 0 Å². The highest BCUT2D eigenvalue weighted by Crippen LogP contribution is 2.36. The summed E-state index contributed by atoms with van der Waals surface area (Å²) in [5, 5.41) is 1.38. The topological polar surface area (TPSA) is 48.1 Å². The highest BCUT2D eigenvalue weighted by Gasteiger charge is 2.50. The molecule has 3 nitrogen and oxygen atoms in total. The number of hydrogen-bond acceptors (Lipinski definition) is 4. The molecular weight excluding hydrogens is 310 g/mol. The Morgan fingerprint density at radius 2 is 1.85 bits per heavy atom. The molecule has 0 aromatic carbocycles. The van der Waals surface area contributed by atoms with Crippen molar-refractivity contribution in [2.45, 2.75) is 31.2 Å². The van der Waals surface area contributed by atoms with Crippen molar-refractivity contribution >= 4 is 11.3 Å². The molecule has 0 saturated heterocycles. The van der Waals surface area contributed by atoms with E-state index < -0.39 is 24.5 Å². The minimum Gasteiger partial charge on any atom is -0.372 e. The van der Waals surface area contributed by atoms with Gasteiger partial charge in [0.25, 0.3) is 0 Å². The van der Waals surface area contributed by atoms with Gasteiger partial charge >= 0.3 is 12.4 Å². The van der Waals surface area contributed by atoms with Crippen LogP contribution in [0.5, 0.6) is 0 Å². The van der Waals surface area contributed by atoms with Crippen LogP contribution in [0.25, 0.3) is 0 Å². The van der Waals surface area contributed by atoms with Crippen LogP contribution in [0.15, 0.2) is 5.38 Å². The fourth-order valence-corrected chi connectivity index (χ4v) is 2.05. The van der Waals surface area contributed by atoms with Crippen LogP contribution in [0.3, 0.4) is 0 Å². The maximum atomic E-state index is 12.7. The van der Waals surface area contributed by atoms with Gasteiger partial charge in [-0.2, -0.15) is 26.3 Å². The summed E-state index contributed by atoms with van der Waals surface area (Å²) < 4.78 is 77.7. The number of aromatic nitrogens is 1. The zero-order valence-electron chi connectivity index (χ0n) is 10.3. The number of hydrogen-bond donors (Lipinski definition) is 1. The Hall–Kier alpha value is -0.870. The number of halogens is 6. The molecule has 0 spiro atoms. The maximum absolute atomic E-state index is 12.7. The number of ether oxygens (including phenoxy) is 1. The van der Waals surface area contributed by atoms with E-state index in [0.29, 0.717) is 0 Å². The first kappa shape index (κ1) is 17.2. The SMILES string of the molecule is CC(N)(c1csc(CCOCC(F)(F)F)n1)C(F)(F)F. The molecule has 1 heterocycles. The van der Waals surface area contributed by atoms with E-state index in [1.54, 1.807) is 0 Å². The predicted molar refractivity (Wildman–Crippen MR) is 60.3 cm³/mol. The second kappa shape index (κ2) is 5.86. The molecule has 1 aromatic rings. The summed E-state index contributed by atoms with van der Waals surface area (Å²) in [5.41, 5.74) is 2.23. The van der Waals surface area contributed by atoms with Crippen LogP contribution in [0.2, 0.25) is 0 Å². The van der Waals surface area contributed by atoms with Gasteiger partial charge in [-0.15, -0.1) is 11.3 Å². The van der Waals surface area contributed by atoms with Crippen LogP contribution >= 0.6 is 11.3 Å². The van der Waals surface area contributed by atoms with Gasteiger partial charge in [-0.1, -0.05) is 0 Å². The molecule has 2 N–H and O–H groups in total. The number of nitrogens with zero attached hydrogens (tertiary/aromatic N) is 1. The molecule has 1 aromatic heterocycles. The highest BCUT2D eigenvalue weighted by molar-refractivity contribution is 7.09. The molecule has 1 atom stereocenters. The Bertz CT molecular complexity index is 440. The van der Waals surface area contributed by atoms with Gasteiger partial charge in [-0.25, -0.2) is 4.98 Å². The van der Waals surface area contributed by atoms with Gasteiger partial charge in [0.05, 0.1) is 17.3 Å². The third-order valence-electron chi connectivity index (χ3n) is 2.40. The zero-order chi connectivity index (χ0) is 15.6. The average molecular weight is 322 g/mol. The van der Waals surface area contributed by atoms with E-state index >= 15 is 0 Å². The van der Waals surface area contributed by atoms with Crippen molar-refractivity contribution in [3.05, 3.63) is 16.1 Å². The summed E-state index contributed by atoms with van der Waals surface area (Å²) in [7, 11) is 0. The number of nitrogens with two attached hydrogens (primary N) is 1. The molecule has 0 bridgehead atoms. The van der Waals surface area contributed by atoms with Crippen molar-refractivity contribution < 1.29 is 31.1 Å². The highest BCUT2D eigenvalue weighted by atomic mass is 32.1. The molecule has 0 aliphatic carbocycles. The van der Waals surface area contributed by atoms with E-state index in [-0.39, 0.29) is 23.7 Å². The largest absolute Gasteiger partial charge is 0.411 e. The molecule has 116 valence electrons. The lowest BCUT2D eigenvalue weighted by atomic mass is 10.00. The van der Waals surface area contributed by atoms with E-state index in [4.69, 9.17) is 5.73 Å². The first-order chi connectivity index (χ1) is 8.93. The monoisotopic (exact) mass is 322 g/mol. The van der Waals surface area contributed by atoms with Crippen molar-refractivity contribution in [1.82, 2.24) is 4.98 Å². The zero-order valence-corrected chi connectivity index (χ0v) is 11.1. The Labute approximate surface area is 114 Å². The summed E-state index contributed by atoms with van der Waals surface area (Å²) in [6, 6.07) is 0. The summed E-state index contributed by atoms with van der Waals surface area (Å²) in [4.78, 5) is 3.69. The van der Waals surface area contributed by atoms with Crippen LogP contribution in [-0.4, -0.2) is 30.6 Å². The normalized spacial score (nSPS) is 16.2. The van der Waals surface area contributed by atoms with E-state index in [2.05, 4.69) is 9.72 Å². The van der Waals surface area contributed by atoms with Crippen molar-refractivity contribution in [2.24, 2.45) is 5.73 Å². The second-order valence-electron chi connectivity index (χ2n) is 4.24. The molecule has 0 amide bonds. The minimum absolute atomic E-state index is 0.00527. The Balaban J connectivity index is 2.56. The van der Waals surface area contributed by atoms with Gasteiger partial charge in [0.1, 0.15) is 6.61 Å². The Morgan fingerprint density at radius 3 is 2.35 bits per heavy atom. The first-order valence-electron chi connectivity index (χ1n) is 5.38. The molecule has 0 aliphatic rings.